The number of carbonyl (C=O) groups is 1. The molecule has 0 N–H and O–H groups in total. The third-order valence-electron chi connectivity index (χ3n) is 4.99. The molecule has 3 aromatic rings. The molecule has 1 saturated heterocycles. The van der Waals surface area contributed by atoms with Crippen LogP contribution in [0.4, 0.5) is 0 Å². The standard InChI is InChI=1S/C22H22N2O2/c1-16-19(23-22(26-16)18-11-6-3-7-12-18)15-21(25)24-14-8-13-20(24)17-9-4-2-5-10-17/h2-7,9-12,20H,8,13-15H2,1H3. The molecular formula is C22H22N2O2. The average Bonchev–Trinajstić information content (AvgIpc) is 3.31. The van der Waals surface area contributed by atoms with Gasteiger partial charge in [0.1, 0.15) is 5.76 Å². The van der Waals surface area contributed by atoms with Crippen LogP contribution in [0.25, 0.3) is 11.5 Å². The van der Waals surface area contributed by atoms with E-state index in [1.165, 1.54) is 5.56 Å². The highest BCUT2D eigenvalue weighted by Gasteiger charge is 2.30. The van der Waals surface area contributed by atoms with Crippen molar-refractivity contribution in [1.29, 1.82) is 0 Å². The SMILES string of the molecule is Cc1oc(-c2ccccc2)nc1CC(=O)N1CCCC1c1ccccc1. The number of carbonyl (C=O) groups excluding carboxylic acids is 1. The molecule has 2 aromatic carbocycles. The van der Waals surface area contributed by atoms with Crippen molar-refractivity contribution >= 4 is 5.91 Å². The highest BCUT2D eigenvalue weighted by Crippen LogP contribution is 2.32. The fourth-order valence-electron chi connectivity index (χ4n) is 3.63. The molecule has 0 spiro atoms. The molecule has 1 amide bonds. The Morgan fingerprint density at radius 1 is 1.12 bits per heavy atom. The van der Waals surface area contributed by atoms with Gasteiger partial charge in [-0.1, -0.05) is 48.5 Å². The van der Waals surface area contributed by atoms with E-state index in [4.69, 9.17) is 4.42 Å². The number of oxazole rings is 1. The second-order valence-corrected chi connectivity index (χ2v) is 6.72. The lowest BCUT2D eigenvalue weighted by Crippen LogP contribution is -2.32. The van der Waals surface area contributed by atoms with E-state index in [0.29, 0.717) is 11.7 Å². The Labute approximate surface area is 153 Å². The van der Waals surface area contributed by atoms with Crippen molar-refractivity contribution in [2.75, 3.05) is 6.54 Å². The minimum Gasteiger partial charge on any atom is -0.441 e. The average molecular weight is 346 g/mol. The number of aryl methyl sites for hydroxylation is 1. The number of benzene rings is 2. The molecule has 0 bridgehead atoms. The molecule has 132 valence electrons. The summed E-state index contributed by atoms with van der Waals surface area (Å²) in [6, 6.07) is 20.2. The molecule has 26 heavy (non-hydrogen) atoms. The summed E-state index contributed by atoms with van der Waals surface area (Å²) in [5.41, 5.74) is 2.87. The van der Waals surface area contributed by atoms with Crippen molar-refractivity contribution in [2.45, 2.75) is 32.2 Å². The van der Waals surface area contributed by atoms with Crippen LogP contribution >= 0.6 is 0 Å². The van der Waals surface area contributed by atoms with Crippen LogP contribution in [-0.2, 0) is 11.2 Å². The molecule has 4 nitrogen and oxygen atoms in total. The van der Waals surface area contributed by atoms with Crippen LogP contribution in [0.2, 0.25) is 0 Å². The topological polar surface area (TPSA) is 46.3 Å². The number of amides is 1. The second kappa shape index (κ2) is 7.16. The molecule has 1 unspecified atom stereocenters. The predicted molar refractivity (Wildman–Crippen MR) is 101 cm³/mol. The highest BCUT2D eigenvalue weighted by atomic mass is 16.4. The maximum Gasteiger partial charge on any atom is 0.229 e. The summed E-state index contributed by atoms with van der Waals surface area (Å²) in [6.45, 7) is 2.68. The summed E-state index contributed by atoms with van der Waals surface area (Å²) in [7, 11) is 0. The van der Waals surface area contributed by atoms with Crippen LogP contribution in [0.15, 0.2) is 65.1 Å². The van der Waals surface area contributed by atoms with Gasteiger partial charge in [0, 0.05) is 12.1 Å². The van der Waals surface area contributed by atoms with Crippen molar-refractivity contribution in [3.8, 4) is 11.5 Å². The molecule has 4 heteroatoms. The fraction of sp³-hybridized carbons (Fsp3) is 0.273. The molecule has 1 fully saturated rings. The summed E-state index contributed by atoms with van der Waals surface area (Å²) in [5, 5.41) is 0. The van der Waals surface area contributed by atoms with Gasteiger partial charge in [-0.15, -0.1) is 0 Å². The first kappa shape index (κ1) is 16.6. The first-order valence-corrected chi connectivity index (χ1v) is 9.08. The molecule has 0 radical (unpaired) electrons. The van der Waals surface area contributed by atoms with Crippen LogP contribution in [0.3, 0.4) is 0 Å². The van der Waals surface area contributed by atoms with Gasteiger partial charge in [0.15, 0.2) is 0 Å². The van der Waals surface area contributed by atoms with Crippen LogP contribution in [0.1, 0.15) is 35.9 Å². The van der Waals surface area contributed by atoms with E-state index < -0.39 is 0 Å². The molecule has 4 rings (SSSR count). The van der Waals surface area contributed by atoms with Gasteiger partial charge in [-0.3, -0.25) is 4.79 Å². The molecule has 1 aliphatic rings. The van der Waals surface area contributed by atoms with Crippen LogP contribution in [0.5, 0.6) is 0 Å². The zero-order chi connectivity index (χ0) is 17.9. The number of hydrogen-bond donors (Lipinski definition) is 0. The van der Waals surface area contributed by atoms with Crippen molar-refractivity contribution in [2.24, 2.45) is 0 Å². The largest absolute Gasteiger partial charge is 0.441 e. The van der Waals surface area contributed by atoms with E-state index in [2.05, 4.69) is 17.1 Å². The lowest BCUT2D eigenvalue weighted by molar-refractivity contribution is -0.131. The summed E-state index contributed by atoms with van der Waals surface area (Å²) >= 11 is 0. The van der Waals surface area contributed by atoms with Crippen molar-refractivity contribution < 1.29 is 9.21 Å². The molecular weight excluding hydrogens is 324 g/mol. The zero-order valence-corrected chi connectivity index (χ0v) is 14.9. The number of rotatable bonds is 4. The molecule has 1 aliphatic heterocycles. The summed E-state index contributed by atoms with van der Waals surface area (Å²) in [6.07, 6.45) is 2.34. The Bertz CT molecular complexity index is 887. The van der Waals surface area contributed by atoms with Crippen molar-refractivity contribution in [3.63, 3.8) is 0 Å². The molecule has 1 atom stereocenters. The van der Waals surface area contributed by atoms with Crippen molar-refractivity contribution in [1.82, 2.24) is 9.88 Å². The van der Waals surface area contributed by atoms with Crippen molar-refractivity contribution in [3.05, 3.63) is 77.7 Å². The normalized spacial score (nSPS) is 16.8. The van der Waals surface area contributed by atoms with E-state index in [1.807, 2.05) is 60.4 Å². The predicted octanol–water partition coefficient (Wildman–Crippen LogP) is 4.56. The molecule has 0 aliphatic carbocycles. The van der Waals surface area contributed by atoms with Gasteiger partial charge in [-0.25, -0.2) is 4.98 Å². The minimum atomic E-state index is 0.118. The zero-order valence-electron chi connectivity index (χ0n) is 14.9. The van der Waals surface area contributed by atoms with Gasteiger partial charge in [0.05, 0.1) is 18.2 Å². The monoisotopic (exact) mass is 346 g/mol. The van der Waals surface area contributed by atoms with Crippen LogP contribution in [0, 0.1) is 6.92 Å². The van der Waals surface area contributed by atoms with E-state index in [-0.39, 0.29) is 18.4 Å². The third-order valence-corrected chi connectivity index (χ3v) is 4.99. The quantitative estimate of drug-likeness (QED) is 0.696. The first-order valence-electron chi connectivity index (χ1n) is 9.08. The van der Waals surface area contributed by atoms with E-state index in [0.717, 1.165) is 30.6 Å². The number of aromatic nitrogens is 1. The second-order valence-electron chi connectivity index (χ2n) is 6.72. The summed E-state index contributed by atoms with van der Waals surface area (Å²) in [5.74, 6) is 1.41. The molecule has 1 aromatic heterocycles. The third kappa shape index (κ3) is 3.27. The van der Waals surface area contributed by atoms with E-state index >= 15 is 0 Å². The van der Waals surface area contributed by atoms with E-state index in [1.54, 1.807) is 0 Å². The summed E-state index contributed by atoms with van der Waals surface area (Å²) < 4.78 is 5.79. The lowest BCUT2D eigenvalue weighted by Gasteiger charge is -2.25. The first-order chi connectivity index (χ1) is 12.7. The van der Waals surface area contributed by atoms with Crippen LogP contribution in [-0.4, -0.2) is 22.3 Å². The Morgan fingerprint density at radius 3 is 2.54 bits per heavy atom. The van der Waals surface area contributed by atoms with Gasteiger partial charge in [-0.2, -0.15) is 0 Å². The minimum absolute atomic E-state index is 0.118. The van der Waals surface area contributed by atoms with Gasteiger partial charge in [0.25, 0.3) is 0 Å². The molecule has 0 saturated carbocycles. The Kier molecular flexibility index (Phi) is 4.57. The summed E-state index contributed by atoms with van der Waals surface area (Å²) in [4.78, 5) is 19.5. The number of likely N-dealkylation sites (tertiary alicyclic amines) is 1. The maximum absolute atomic E-state index is 12.9. The van der Waals surface area contributed by atoms with Gasteiger partial charge >= 0.3 is 0 Å². The Hall–Kier alpha value is -2.88. The smallest absolute Gasteiger partial charge is 0.229 e. The van der Waals surface area contributed by atoms with Gasteiger partial charge in [0.2, 0.25) is 11.8 Å². The van der Waals surface area contributed by atoms with E-state index in [9.17, 15) is 4.79 Å². The number of hydrogen-bond acceptors (Lipinski definition) is 3. The molecule has 2 heterocycles. The van der Waals surface area contributed by atoms with Gasteiger partial charge < -0.3 is 9.32 Å². The highest BCUT2D eigenvalue weighted by molar-refractivity contribution is 5.79. The maximum atomic E-state index is 12.9. The van der Waals surface area contributed by atoms with Crippen LogP contribution < -0.4 is 0 Å². The lowest BCUT2D eigenvalue weighted by atomic mass is 10.0. The number of nitrogens with zero attached hydrogens (tertiary/aromatic N) is 2. The Balaban J connectivity index is 1.52. The van der Waals surface area contributed by atoms with Gasteiger partial charge in [-0.05, 0) is 37.5 Å². The fourth-order valence-corrected chi connectivity index (χ4v) is 3.63. The Morgan fingerprint density at radius 2 is 1.81 bits per heavy atom.